The molecule has 0 spiro atoms. The van der Waals surface area contributed by atoms with Crippen LogP contribution in [0, 0.1) is 0 Å². The summed E-state index contributed by atoms with van der Waals surface area (Å²) in [6.07, 6.45) is -4.65. The Morgan fingerprint density at radius 1 is 1.25 bits per heavy atom. The number of benzene rings is 1. The third-order valence-electron chi connectivity index (χ3n) is 3.85. The van der Waals surface area contributed by atoms with E-state index in [1.54, 1.807) is 14.0 Å². The van der Waals surface area contributed by atoms with Crippen molar-refractivity contribution in [3.8, 4) is 0 Å². The number of alkyl halides is 3. The van der Waals surface area contributed by atoms with Gasteiger partial charge >= 0.3 is 12.1 Å². The van der Waals surface area contributed by atoms with Gasteiger partial charge in [-0.15, -0.1) is 0 Å². The summed E-state index contributed by atoms with van der Waals surface area (Å²) in [6, 6.07) is 4.69. The van der Waals surface area contributed by atoms with Crippen molar-refractivity contribution < 1.29 is 27.9 Å². The summed E-state index contributed by atoms with van der Waals surface area (Å²) in [5, 5.41) is 9.05. The third kappa shape index (κ3) is 3.52. The van der Waals surface area contributed by atoms with E-state index in [1.807, 2.05) is 0 Å². The number of rotatable bonds is 5. The number of halogens is 3. The zero-order chi connectivity index (χ0) is 18.1. The third-order valence-corrected chi connectivity index (χ3v) is 3.85. The molecular weight excluding hydrogens is 325 g/mol. The van der Waals surface area contributed by atoms with E-state index in [0.29, 0.717) is 17.4 Å². The molecule has 0 radical (unpaired) electrons. The van der Waals surface area contributed by atoms with E-state index in [0.717, 1.165) is 12.1 Å². The Labute approximate surface area is 136 Å². The van der Waals surface area contributed by atoms with Gasteiger partial charge in [-0.3, -0.25) is 9.59 Å². The number of fused-ring (bicyclic) bond motifs is 1. The maximum absolute atomic E-state index is 12.8. The molecule has 0 unspecified atom stereocenters. The van der Waals surface area contributed by atoms with Crippen LogP contribution in [0.3, 0.4) is 0 Å². The number of aryl methyl sites for hydroxylation is 1. The molecule has 0 atom stereocenters. The second-order valence-electron chi connectivity index (χ2n) is 5.39. The highest BCUT2D eigenvalue weighted by Crippen LogP contribution is 2.32. The first-order valence-corrected chi connectivity index (χ1v) is 7.33. The van der Waals surface area contributed by atoms with Gasteiger partial charge in [-0.05, 0) is 31.2 Å². The zero-order valence-electron chi connectivity index (χ0n) is 13.2. The van der Waals surface area contributed by atoms with Crippen LogP contribution in [0.25, 0.3) is 10.9 Å². The molecule has 0 aliphatic rings. The molecule has 0 aliphatic heterocycles. The van der Waals surface area contributed by atoms with Crippen LogP contribution in [-0.2, 0) is 18.0 Å². The molecule has 1 aromatic carbocycles. The van der Waals surface area contributed by atoms with Gasteiger partial charge in [-0.2, -0.15) is 13.2 Å². The molecule has 24 heavy (non-hydrogen) atoms. The molecule has 1 heterocycles. The second-order valence-corrected chi connectivity index (χ2v) is 5.39. The first kappa shape index (κ1) is 17.8. The summed E-state index contributed by atoms with van der Waals surface area (Å²) in [5.74, 6) is -1.43. The largest absolute Gasteiger partial charge is 0.481 e. The topological polar surface area (TPSA) is 62.5 Å². The molecule has 130 valence electrons. The van der Waals surface area contributed by atoms with Crippen LogP contribution in [0.2, 0.25) is 0 Å². The Kier molecular flexibility index (Phi) is 4.86. The van der Waals surface area contributed by atoms with Crippen LogP contribution in [-0.4, -0.2) is 39.5 Å². The predicted octanol–water partition coefficient (Wildman–Crippen LogP) is 3.13. The first-order valence-electron chi connectivity index (χ1n) is 7.33. The standard InChI is InChI=1S/C16H17F3N2O3/c1-3-21(7-6-14(22)23)15(24)13-9-10-8-11(16(17,18)19)4-5-12(10)20(13)2/h4-5,8-9H,3,6-7H2,1-2H3,(H,22,23). The number of aliphatic carboxylic acids is 1. The zero-order valence-corrected chi connectivity index (χ0v) is 13.2. The quantitative estimate of drug-likeness (QED) is 0.908. The van der Waals surface area contributed by atoms with Crippen molar-refractivity contribution in [2.45, 2.75) is 19.5 Å². The van der Waals surface area contributed by atoms with Crippen LogP contribution >= 0.6 is 0 Å². The average molecular weight is 342 g/mol. The normalized spacial score (nSPS) is 11.7. The monoisotopic (exact) mass is 342 g/mol. The lowest BCUT2D eigenvalue weighted by Gasteiger charge is -2.20. The van der Waals surface area contributed by atoms with Gasteiger partial charge < -0.3 is 14.6 Å². The average Bonchev–Trinajstić information content (AvgIpc) is 2.83. The summed E-state index contributed by atoms with van der Waals surface area (Å²) in [4.78, 5) is 24.6. The lowest BCUT2D eigenvalue weighted by Crippen LogP contribution is -2.33. The molecule has 0 fully saturated rings. The number of hydrogen-bond donors (Lipinski definition) is 1. The number of hydrogen-bond acceptors (Lipinski definition) is 2. The van der Waals surface area contributed by atoms with E-state index in [2.05, 4.69) is 0 Å². The van der Waals surface area contributed by atoms with Crippen molar-refractivity contribution in [2.24, 2.45) is 7.05 Å². The lowest BCUT2D eigenvalue weighted by molar-refractivity contribution is -0.138. The Morgan fingerprint density at radius 2 is 1.92 bits per heavy atom. The minimum Gasteiger partial charge on any atom is -0.481 e. The van der Waals surface area contributed by atoms with E-state index in [-0.39, 0.29) is 18.7 Å². The predicted molar refractivity (Wildman–Crippen MR) is 81.8 cm³/mol. The first-order chi connectivity index (χ1) is 11.1. The lowest BCUT2D eigenvalue weighted by atomic mass is 10.1. The van der Waals surface area contributed by atoms with E-state index in [4.69, 9.17) is 5.11 Å². The molecule has 2 aromatic rings. The number of carbonyl (C=O) groups excluding carboxylic acids is 1. The van der Waals surface area contributed by atoms with Crippen LogP contribution in [0.15, 0.2) is 24.3 Å². The van der Waals surface area contributed by atoms with Gasteiger partial charge in [0.15, 0.2) is 0 Å². The number of carboxylic acid groups (broad SMARTS) is 1. The molecule has 0 saturated carbocycles. The van der Waals surface area contributed by atoms with Crippen LogP contribution in [0.4, 0.5) is 13.2 Å². The van der Waals surface area contributed by atoms with Crippen molar-refractivity contribution in [3.63, 3.8) is 0 Å². The fourth-order valence-corrected chi connectivity index (χ4v) is 2.53. The molecular formula is C16H17F3N2O3. The van der Waals surface area contributed by atoms with Crippen LogP contribution in [0.5, 0.6) is 0 Å². The molecule has 2 rings (SSSR count). The molecule has 1 amide bonds. The fraction of sp³-hybridized carbons (Fsp3) is 0.375. The van der Waals surface area contributed by atoms with E-state index < -0.39 is 23.6 Å². The summed E-state index contributed by atoms with van der Waals surface area (Å²) in [6.45, 7) is 2.06. The summed E-state index contributed by atoms with van der Waals surface area (Å²) >= 11 is 0. The number of carbonyl (C=O) groups is 2. The maximum Gasteiger partial charge on any atom is 0.416 e. The number of carboxylic acids is 1. The minimum absolute atomic E-state index is 0.0417. The number of amides is 1. The molecule has 1 aromatic heterocycles. The smallest absolute Gasteiger partial charge is 0.416 e. The highest BCUT2D eigenvalue weighted by molar-refractivity contribution is 5.99. The van der Waals surface area contributed by atoms with Crippen LogP contribution < -0.4 is 0 Å². The highest BCUT2D eigenvalue weighted by Gasteiger charge is 2.31. The molecule has 0 aliphatic carbocycles. The molecule has 1 N–H and O–H groups in total. The molecule has 5 nitrogen and oxygen atoms in total. The minimum atomic E-state index is -4.45. The van der Waals surface area contributed by atoms with Gasteiger partial charge in [-0.25, -0.2) is 0 Å². The van der Waals surface area contributed by atoms with Crippen LogP contribution in [0.1, 0.15) is 29.4 Å². The SMILES string of the molecule is CCN(CCC(=O)O)C(=O)c1cc2cc(C(F)(F)F)ccc2n1C. The molecule has 0 bridgehead atoms. The van der Waals surface area contributed by atoms with Gasteiger partial charge in [0.2, 0.25) is 0 Å². The summed E-state index contributed by atoms with van der Waals surface area (Å²) < 4.78 is 39.9. The van der Waals surface area contributed by atoms with Gasteiger partial charge in [-0.1, -0.05) is 0 Å². The Hall–Kier alpha value is -2.51. The maximum atomic E-state index is 12.8. The van der Waals surface area contributed by atoms with Crippen molar-refractivity contribution in [2.75, 3.05) is 13.1 Å². The van der Waals surface area contributed by atoms with Crippen molar-refractivity contribution in [1.82, 2.24) is 9.47 Å². The van der Waals surface area contributed by atoms with Gasteiger partial charge in [0.05, 0.1) is 12.0 Å². The van der Waals surface area contributed by atoms with E-state index in [9.17, 15) is 22.8 Å². The highest BCUT2D eigenvalue weighted by atomic mass is 19.4. The van der Waals surface area contributed by atoms with Gasteiger partial charge in [0.25, 0.3) is 5.91 Å². The Bertz CT molecular complexity index is 781. The van der Waals surface area contributed by atoms with Gasteiger partial charge in [0, 0.05) is 31.0 Å². The van der Waals surface area contributed by atoms with Crippen molar-refractivity contribution in [1.29, 1.82) is 0 Å². The van der Waals surface area contributed by atoms with Crippen molar-refractivity contribution in [3.05, 3.63) is 35.5 Å². The molecule has 8 heteroatoms. The summed E-state index contributed by atoms with van der Waals surface area (Å²) in [5.41, 5.74) is -0.0602. The van der Waals surface area contributed by atoms with Crippen molar-refractivity contribution >= 4 is 22.8 Å². The van der Waals surface area contributed by atoms with E-state index in [1.165, 1.54) is 21.6 Å². The number of aromatic nitrogens is 1. The Balaban J connectivity index is 2.39. The van der Waals surface area contributed by atoms with Gasteiger partial charge in [0.1, 0.15) is 5.69 Å². The van der Waals surface area contributed by atoms with E-state index >= 15 is 0 Å². The second kappa shape index (κ2) is 6.54. The molecule has 0 saturated heterocycles. The summed E-state index contributed by atoms with van der Waals surface area (Å²) in [7, 11) is 1.59. The number of nitrogens with zero attached hydrogens (tertiary/aromatic N) is 2. The Morgan fingerprint density at radius 3 is 2.46 bits per heavy atom. The fourth-order valence-electron chi connectivity index (χ4n) is 2.53.